The smallest absolute Gasteiger partial charge is 0.335 e. The highest BCUT2D eigenvalue weighted by Crippen LogP contribution is 2.19. The van der Waals surface area contributed by atoms with Gasteiger partial charge in [0.05, 0.1) is 26.4 Å². The second-order valence-electron chi connectivity index (χ2n) is 7.63. The van der Waals surface area contributed by atoms with Gasteiger partial charge in [0.1, 0.15) is 0 Å². The summed E-state index contributed by atoms with van der Waals surface area (Å²) >= 11 is 0. The van der Waals surface area contributed by atoms with Crippen LogP contribution in [0.4, 0.5) is 16.2 Å². The number of carbonyl (C=O) groups excluding carboxylic acids is 4. The van der Waals surface area contributed by atoms with Gasteiger partial charge in [0.15, 0.2) is 0 Å². The van der Waals surface area contributed by atoms with E-state index in [9.17, 15) is 19.2 Å². The lowest BCUT2D eigenvalue weighted by Gasteiger charge is -2.29. The number of nitrogens with one attached hydrogen (secondary N) is 1. The lowest BCUT2D eigenvalue weighted by atomic mass is 10.2. The molecule has 2 saturated heterocycles. The zero-order valence-corrected chi connectivity index (χ0v) is 17.5. The molecule has 1 aromatic carbocycles. The molecule has 0 aliphatic carbocycles. The maximum atomic E-state index is 12.3. The van der Waals surface area contributed by atoms with Crippen LogP contribution >= 0.6 is 0 Å². The van der Waals surface area contributed by atoms with Crippen molar-refractivity contribution in [1.29, 1.82) is 0 Å². The van der Waals surface area contributed by atoms with Gasteiger partial charge in [-0.1, -0.05) is 0 Å². The van der Waals surface area contributed by atoms with Crippen molar-refractivity contribution in [2.45, 2.75) is 19.9 Å². The number of imide groups is 2. The molecule has 2 heterocycles. The highest BCUT2D eigenvalue weighted by molar-refractivity contribution is 6.44. The number of morpholine rings is 1. The van der Waals surface area contributed by atoms with Crippen LogP contribution in [0.5, 0.6) is 0 Å². The first kappa shape index (κ1) is 21.7. The van der Waals surface area contributed by atoms with Crippen LogP contribution in [0.2, 0.25) is 0 Å². The third kappa shape index (κ3) is 4.77. The molecule has 0 unspecified atom stereocenters. The summed E-state index contributed by atoms with van der Waals surface area (Å²) in [4.78, 5) is 54.2. The van der Waals surface area contributed by atoms with Crippen LogP contribution in [-0.4, -0.2) is 91.1 Å². The fraction of sp³-hybridized carbons (Fsp3) is 0.500. The van der Waals surface area contributed by atoms with Crippen molar-refractivity contribution in [2.24, 2.45) is 0 Å². The van der Waals surface area contributed by atoms with E-state index < -0.39 is 23.9 Å². The summed E-state index contributed by atoms with van der Waals surface area (Å²) in [5.41, 5.74) is 1.72. The third-order valence-corrected chi connectivity index (χ3v) is 4.92. The van der Waals surface area contributed by atoms with Gasteiger partial charge in [-0.3, -0.25) is 24.2 Å². The fourth-order valence-corrected chi connectivity index (χ4v) is 3.42. The largest absolute Gasteiger partial charge is 0.378 e. The molecular weight excluding hydrogens is 390 g/mol. The first-order chi connectivity index (χ1) is 14.3. The number of hydrogen-bond acceptors (Lipinski definition) is 7. The van der Waals surface area contributed by atoms with Crippen molar-refractivity contribution >= 4 is 35.1 Å². The van der Waals surface area contributed by atoms with Crippen molar-refractivity contribution in [2.75, 3.05) is 56.8 Å². The highest BCUT2D eigenvalue weighted by Gasteiger charge is 2.45. The summed E-state index contributed by atoms with van der Waals surface area (Å²) in [6.45, 7) is 6.21. The van der Waals surface area contributed by atoms with Gasteiger partial charge >= 0.3 is 17.8 Å². The van der Waals surface area contributed by atoms with Crippen molar-refractivity contribution in [3.8, 4) is 0 Å². The van der Waals surface area contributed by atoms with E-state index in [1.807, 2.05) is 24.3 Å². The Labute approximate surface area is 175 Å². The number of hydrogen-bond donors (Lipinski definition) is 1. The van der Waals surface area contributed by atoms with E-state index in [4.69, 9.17) is 4.74 Å². The first-order valence-corrected chi connectivity index (χ1v) is 9.88. The molecule has 1 aromatic rings. The number of rotatable bonds is 7. The Hall–Kier alpha value is -2.98. The van der Waals surface area contributed by atoms with Crippen LogP contribution in [0.15, 0.2) is 24.3 Å². The Morgan fingerprint density at radius 1 is 1.10 bits per heavy atom. The molecule has 162 valence electrons. The van der Waals surface area contributed by atoms with E-state index in [0.29, 0.717) is 18.9 Å². The Balaban J connectivity index is 1.51. The molecule has 0 radical (unpaired) electrons. The highest BCUT2D eigenvalue weighted by atomic mass is 16.5. The zero-order chi connectivity index (χ0) is 21.8. The molecule has 10 nitrogen and oxygen atoms in total. The van der Waals surface area contributed by atoms with Crippen molar-refractivity contribution in [3.05, 3.63) is 24.3 Å². The predicted molar refractivity (Wildman–Crippen MR) is 110 cm³/mol. The minimum absolute atomic E-state index is 0.0435. The van der Waals surface area contributed by atoms with Crippen LogP contribution in [0.25, 0.3) is 0 Å². The zero-order valence-electron chi connectivity index (χ0n) is 17.5. The molecule has 0 aromatic heterocycles. The second kappa shape index (κ2) is 9.23. The lowest BCUT2D eigenvalue weighted by Crippen LogP contribution is -2.44. The quantitative estimate of drug-likeness (QED) is 0.511. The van der Waals surface area contributed by atoms with Crippen LogP contribution in [0.1, 0.15) is 13.8 Å². The Morgan fingerprint density at radius 3 is 2.30 bits per heavy atom. The van der Waals surface area contributed by atoms with Gasteiger partial charge in [0, 0.05) is 30.5 Å². The predicted octanol–water partition coefficient (Wildman–Crippen LogP) is 0.550. The topological polar surface area (TPSA) is 102 Å². The molecule has 0 atom stereocenters. The third-order valence-electron chi connectivity index (χ3n) is 4.92. The minimum atomic E-state index is -0.875. The van der Waals surface area contributed by atoms with E-state index in [1.54, 1.807) is 20.9 Å². The Kier molecular flexibility index (Phi) is 6.68. The van der Waals surface area contributed by atoms with Gasteiger partial charge in [0.25, 0.3) is 0 Å². The van der Waals surface area contributed by atoms with Gasteiger partial charge in [-0.25, -0.2) is 9.69 Å². The van der Waals surface area contributed by atoms with Gasteiger partial charge in [-0.2, -0.15) is 0 Å². The number of carbonyl (C=O) groups is 4. The molecule has 1 N–H and O–H groups in total. The number of urea groups is 1. The van der Waals surface area contributed by atoms with Gasteiger partial charge in [-0.15, -0.1) is 0 Å². The fourth-order valence-electron chi connectivity index (χ4n) is 3.42. The molecule has 0 saturated carbocycles. The number of nitrogens with zero attached hydrogens (tertiary/aromatic N) is 4. The second-order valence-corrected chi connectivity index (χ2v) is 7.63. The van der Waals surface area contributed by atoms with Crippen LogP contribution in [0, 0.1) is 0 Å². The molecule has 10 heteroatoms. The van der Waals surface area contributed by atoms with Gasteiger partial charge in [0.2, 0.25) is 5.91 Å². The lowest BCUT2D eigenvalue weighted by molar-refractivity contribution is -0.144. The van der Waals surface area contributed by atoms with Crippen LogP contribution in [-0.2, 0) is 19.1 Å². The van der Waals surface area contributed by atoms with E-state index >= 15 is 0 Å². The molecule has 30 heavy (non-hydrogen) atoms. The van der Waals surface area contributed by atoms with Crippen molar-refractivity contribution in [3.63, 3.8) is 0 Å². The van der Waals surface area contributed by atoms with E-state index in [2.05, 4.69) is 10.2 Å². The SMILES string of the molecule is CC(C)N1C(=O)C(=O)N(CN(C)CC(=O)Nc2ccc(N3CCOCC3)cc2)C1=O. The molecule has 5 amide bonds. The van der Waals surface area contributed by atoms with Crippen LogP contribution < -0.4 is 10.2 Å². The van der Waals surface area contributed by atoms with Crippen LogP contribution in [0.3, 0.4) is 0 Å². The molecule has 2 fully saturated rings. The number of anilines is 2. The minimum Gasteiger partial charge on any atom is -0.378 e. The number of likely N-dealkylation sites (N-methyl/N-ethyl adjacent to an activating group) is 1. The molecule has 2 aliphatic heterocycles. The van der Waals surface area contributed by atoms with E-state index in [0.717, 1.165) is 28.6 Å². The summed E-state index contributed by atoms with van der Waals surface area (Å²) in [5, 5.41) is 2.80. The van der Waals surface area contributed by atoms with Gasteiger partial charge in [-0.05, 0) is 45.2 Å². The average Bonchev–Trinajstić information content (AvgIpc) is 2.92. The van der Waals surface area contributed by atoms with Crippen molar-refractivity contribution in [1.82, 2.24) is 14.7 Å². The molecular formula is C20H27N5O5. The standard InChI is InChI=1S/C20H27N5O5/c1-14(2)25-19(28)18(27)24(20(25)29)13-22(3)12-17(26)21-15-4-6-16(7-5-15)23-8-10-30-11-9-23/h4-7,14H,8-13H2,1-3H3,(H,21,26). The van der Waals surface area contributed by atoms with Crippen molar-refractivity contribution < 1.29 is 23.9 Å². The first-order valence-electron chi connectivity index (χ1n) is 9.88. The molecule has 3 rings (SSSR count). The number of benzene rings is 1. The summed E-state index contributed by atoms with van der Waals surface area (Å²) in [6, 6.07) is 6.47. The number of amides is 5. The van der Waals surface area contributed by atoms with E-state index in [1.165, 1.54) is 4.90 Å². The number of ether oxygens (including phenoxy) is 1. The Morgan fingerprint density at radius 2 is 1.73 bits per heavy atom. The Bertz CT molecular complexity index is 819. The van der Waals surface area contributed by atoms with E-state index in [-0.39, 0.29) is 19.1 Å². The maximum absolute atomic E-state index is 12.3. The summed E-state index contributed by atoms with van der Waals surface area (Å²) < 4.78 is 5.35. The molecule has 0 bridgehead atoms. The maximum Gasteiger partial charge on any atom is 0.335 e. The summed E-state index contributed by atoms with van der Waals surface area (Å²) in [7, 11) is 1.60. The molecule has 2 aliphatic rings. The normalized spacial score (nSPS) is 17.5. The monoisotopic (exact) mass is 417 g/mol. The molecule has 0 spiro atoms. The summed E-state index contributed by atoms with van der Waals surface area (Å²) in [5.74, 6) is -2.00. The van der Waals surface area contributed by atoms with Gasteiger partial charge < -0.3 is 15.0 Å². The average molecular weight is 417 g/mol. The summed E-state index contributed by atoms with van der Waals surface area (Å²) in [6.07, 6.45) is 0.